The predicted molar refractivity (Wildman–Crippen MR) is 86.1 cm³/mol. The van der Waals surface area contributed by atoms with E-state index in [2.05, 4.69) is 10.3 Å². The summed E-state index contributed by atoms with van der Waals surface area (Å²) < 4.78 is 3.93. The minimum atomic E-state index is 0.804. The molecule has 7 heteroatoms. The third kappa shape index (κ3) is 3.41. The van der Waals surface area contributed by atoms with Gasteiger partial charge in [-0.2, -0.15) is 9.13 Å². The highest BCUT2D eigenvalue weighted by molar-refractivity contribution is 7.15. The van der Waals surface area contributed by atoms with Crippen LogP contribution in [0.15, 0.2) is 71.5 Å². The van der Waals surface area contributed by atoms with Gasteiger partial charge < -0.3 is 10.4 Å². The molecule has 0 aliphatic carbocycles. The van der Waals surface area contributed by atoms with E-state index in [1.807, 2.05) is 70.3 Å². The van der Waals surface area contributed by atoms with Gasteiger partial charge in [0.2, 0.25) is 0 Å². The smallest absolute Gasteiger partial charge is 0.273 e. The Bertz CT molecular complexity index is 804. The van der Waals surface area contributed by atoms with Gasteiger partial charge in [0, 0.05) is 24.3 Å². The van der Waals surface area contributed by atoms with Crippen LogP contribution in [0.1, 0.15) is 11.1 Å². The fourth-order valence-corrected chi connectivity index (χ4v) is 3.07. The van der Waals surface area contributed by atoms with Gasteiger partial charge in [0.25, 0.3) is 10.0 Å². The maximum absolute atomic E-state index is 8.63. The lowest BCUT2D eigenvalue weighted by Crippen LogP contribution is -2.30. The van der Waals surface area contributed by atoms with E-state index in [4.69, 9.17) is 10.4 Å². The van der Waals surface area contributed by atoms with E-state index in [0.717, 1.165) is 21.1 Å². The first-order valence-corrected chi connectivity index (χ1v) is 7.60. The molecule has 2 N–H and O–H groups in total. The molecule has 0 aromatic carbocycles. The number of rotatable bonds is 4. The van der Waals surface area contributed by atoms with Crippen LogP contribution in [0.4, 0.5) is 0 Å². The Labute approximate surface area is 136 Å². The van der Waals surface area contributed by atoms with Crippen LogP contribution in [0.25, 0.3) is 10.0 Å². The third-order valence-electron chi connectivity index (χ3n) is 3.15. The van der Waals surface area contributed by atoms with Crippen LogP contribution in [0.2, 0.25) is 0 Å². The molecule has 0 atom stereocenters. The number of aromatic nitrogens is 2. The first kappa shape index (κ1) is 14.9. The Balaban J connectivity index is 1.94. The molecular formula is C16H14N4O2S+2. The van der Waals surface area contributed by atoms with Crippen LogP contribution in [-0.4, -0.2) is 22.8 Å². The molecule has 3 rings (SSSR count). The summed E-state index contributed by atoms with van der Waals surface area (Å²) in [5.41, 5.74) is 1.61. The highest BCUT2D eigenvalue weighted by Gasteiger charge is 2.16. The highest BCUT2D eigenvalue weighted by atomic mass is 32.1. The summed E-state index contributed by atoms with van der Waals surface area (Å²) >= 11 is 1.60. The molecule has 0 radical (unpaired) electrons. The molecule has 23 heavy (non-hydrogen) atoms. The number of thiophene rings is 1. The van der Waals surface area contributed by atoms with Crippen molar-refractivity contribution in [3.05, 3.63) is 72.3 Å². The van der Waals surface area contributed by atoms with E-state index in [1.54, 1.807) is 11.3 Å². The Morgan fingerprint density at radius 3 is 1.70 bits per heavy atom. The quantitative estimate of drug-likeness (QED) is 0.333. The molecule has 0 unspecified atom stereocenters. The Hall–Kier alpha value is -3.06. The molecule has 0 aliphatic rings. The molecule has 6 nitrogen and oxygen atoms in total. The van der Waals surface area contributed by atoms with Crippen molar-refractivity contribution in [1.82, 2.24) is 0 Å². The second-order valence-electron chi connectivity index (χ2n) is 4.69. The summed E-state index contributed by atoms with van der Waals surface area (Å²) in [7, 11) is 0. The molecule has 0 fully saturated rings. The second kappa shape index (κ2) is 6.80. The molecule has 0 saturated heterocycles. The van der Waals surface area contributed by atoms with E-state index >= 15 is 0 Å². The number of hydrogen-bond acceptors (Lipinski definition) is 5. The first-order chi connectivity index (χ1) is 11.3. The number of hydrogen-bond donors (Lipinski definition) is 2. The van der Waals surface area contributed by atoms with Crippen LogP contribution in [-0.2, 0) is 0 Å². The topological polar surface area (TPSA) is 72.9 Å². The van der Waals surface area contributed by atoms with Crippen LogP contribution >= 0.6 is 11.3 Å². The molecule has 114 valence electrons. The zero-order chi connectivity index (χ0) is 16.1. The van der Waals surface area contributed by atoms with E-state index in [-0.39, 0.29) is 0 Å². The van der Waals surface area contributed by atoms with Gasteiger partial charge in [-0.15, -0.1) is 0 Å². The molecule has 3 aromatic heterocycles. The first-order valence-electron chi connectivity index (χ1n) is 6.78. The van der Waals surface area contributed by atoms with Crippen molar-refractivity contribution < 1.29 is 19.5 Å². The Morgan fingerprint density at radius 1 is 0.783 bits per heavy atom. The Kier molecular flexibility index (Phi) is 4.39. The number of pyridine rings is 2. The SMILES string of the molecule is O/N=C/c1ccc[n+](-c2ccc(-[n+]3cccc(/C=N/O)c3)s2)c1. The summed E-state index contributed by atoms with van der Waals surface area (Å²) in [6, 6.07) is 11.5. The lowest BCUT2D eigenvalue weighted by atomic mass is 10.3. The molecule has 0 spiro atoms. The summed E-state index contributed by atoms with van der Waals surface area (Å²) in [6.45, 7) is 0. The van der Waals surface area contributed by atoms with Crippen molar-refractivity contribution in [2.75, 3.05) is 0 Å². The fraction of sp³-hybridized carbons (Fsp3) is 0. The van der Waals surface area contributed by atoms with E-state index in [0.29, 0.717) is 0 Å². The predicted octanol–water partition coefficient (Wildman–Crippen LogP) is 1.92. The Morgan fingerprint density at radius 2 is 1.26 bits per heavy atom. The van der Waals surface area contributed by atoms with Gasteiger partial charge in [0.15, 0.2) is 24.8 Å². The van der Waals surface area contributed by atoms with Crippen LogP contribution in [0, 0.1) is 0 Å². The fourth-order valence-electron chi connectivity index (χ4n) is 2.14. The monoisotopic (exact) mass is 326 g/mol. The average Bonchev–Trinajstić information content (AvgIpc) is 3.06. The molecule has 0 aliphatic heterocycles. The third-order valence-corrected chi connectivity index (χ3v) is 4.26. The minimum absolute atomic E-state index is 0.804. The van der Waals surface area contributed by atoms with Gasteiger partial charge >= 0.3 is 0 Å². The van der Waals surface area contributed by atoms with Gasteiger partial charge in [-0.3, -0.25) is 0 Å². The lowest BCUT2D eigenvalue weighted by Gasteiger charge is -1.93. The number of nitrogens with zero attached hydrogens (tertiary/aromatic N) is 4. The van der Waals surface area contributed by atoms with Gasteiger partial charge in [0.05, 0.1) is 23.6 Å². The minimum Gasteiger partial charge on any atom is -0.411 e. The lowest BCUT2D eigenvalue weighted by molar-refractivity contribution is -0.594. The maximum atomic E-state index is 8.63. The summed E-state index contributed by atoms with van der Waals surface area (Å²) in [5, 5.41) is 25.4. The average molecular weight is 326 g/mol. The van der Waals surface area contributed by atoms with E-state index in [9.17, 15) is 0 Å². The van der Waals surface area contributed by atoms with Crippen LogP contribution in [0.5, 0.6) is 0 Å². The normalized spacial score (nSPS) is 11.5. The summed E-state index contributed by atoms with van der Waals surface area (Å²) in [6.07, 6.45) is 10.4. The molecule has 3 heterocycles. The van der Waals surface area contributed by atoms with Crippen molar-refractivity contribution in [2.24, 2.45) is 10.3 Å². The van der Waals surface area contributed by atoms with Crippen LogP contribution < -0.4 is 9.13 Å². The molecular weight excluding hydrogens is 312 g/mol. The van der Waals surface area contributed by atoms with Crippen molar-refractivity contribution in [3.8, 4) is 10.0 Å². The summed E-state index contributed by atoms with van der Waals surface area (Å²) in [5.74, 6) is 0. The largest absolute Gasteiger partial charge is 0.411 e. The number of oxime groups is 2. The summed E-state index contributed by atoms with van der Waals surface area (Å²) in [4.78, 5) is 0. The standard InChI is InChI=1S/C16H12N4O2S/c21-17-9-13-3-1-7-19(11-13)15-5-6-16(23-15)20-8-2-4-14(12-20)10-18-22/h1-12H/p+2/b17-9+,18-10+. The molecule has 0 bridgehead atoms. The van der Waals surface area contributed by atoms with Crippen molar-refractivity contribution >= 4 is 23.8 Å². The van der Waals surface area contributed by atoms with Gasteiger partial charge in [0.1, 0.15) is 0 Å². The highest BCUT2D eigenvalue weighted by Crippen LogP contribution is 2.16. The van der Waals surface area contributed by atoms with Gasteiger partial charge in [-0.25, -0.2) is 0 Å². The molecule has 0 saturated carbocycles. The molecule has 0 amide bonds. The zero-order valence-corrected chi connectivity index (χ0v) is 12.8. The maximum Gasteiger partial charge on any atom is 0.273 e. The van der Waals surface area contributed by atoms with Crippen molar-refractivity contribution in [1.29, 1.82) is 0 Å². The van der Waals surface area contributed by atoms with Gasteiger partial charge in [-0.1, -0.05) is 10.3 Å². The van der Waals surface area contributed by atoms with E-state index < -0.39 is 0 Å². The molecule has 3 aromatic rings. The van der Waals surface area contributed by atoms with Crippen molar-refractivity contribution in [3.63, 3.8) is 0 Å². The van der Waals surface area contributed by atoms with E-state index in [1.165, 1.54) is 12.4 Å². The van der Waals surface area contributed by atoms with Crippen molar-refractivity contribution in [2.45, 2.75) is 0 Å². The van der Waals surface area contributed by atoms with Gasteiger partial charge in [-0.05, 0) is 23.5 Å². The second-order valence-corrected chi connectivity index (χ2v) is 5.73. The zero-order valence-electron chi connectivity index (χ0n) is 12.0. The van der Waals surface area contributed by atoms with Crippen LogP contribution in [0.3, 0.4) is 0 Å².